The van der Waals surface area contributed by atoms with Crippen LogP contribution in [0.2, 0.25) is 172 Å². The summed E-state index contributed by atoms with van der Waals surface area (Å²) >= 11 is 65.4. The van der Waals surface area contributed by atoms with Crippen LogP contribution in [0.3, 0.4) is 0 Å². The van der Waals surface area contributed by atoms with E-state index in [2.05, 4.69) is 136 Å². The maximum atomic E-state index is 7.27. The van der Waals surface area contributed by atoms with Crippen molar-refractivity contribution in [3.8, 4) is 0 Å². The van der Waals surface area contributed by atoms with Crippen LogP contribution < -0.4 is 0 Å². The second-order valence-corrected chi connectivity index (χ2v) is 91.9. The number of hydrogen-bond acceptors (Lipinski definition) is 0. The minimum Gasteiger partial charge on any atom is -0.168 e. The van der Waals surface area contributed by atoms with Gasteiger partial charge in [0.1, 0.15) is 66.5 Å². The van der Waals surface area contributed by atoms with Crippen molar-refractivity contribution < 1.29 is 0 Å². The summed E-state index contributed by atoms with van der Waals surface area (Å²) in [6.45, 7) is 42.1. The highest BCUT2D eigenvalue weighted by Gasteiger charge is 2.42. The molecule has 0 N–H and O–H groups in total. The van der Waals surface area contributed by atoms with Gasteiger partial charge in [0.15, 0.2) is 0 Å². The fourth-order valence-corrected chi connectivity index (χ4v) is 24.4. The molecule has 0 saturated carbocycles. The van der Waals surface area contributed by atoms with Crippen molar-refractivity contribution in [3.05, 3.63) is 34.9 Å². The lowest BCUT2D eigenvalue weighted by Gasteiger charge is -2.43. The number of halogens is 9. The van der Waals surface area contributed by atoms with Gasteiger partial charge in [0.05, 0.1) is 0 Å². The van der Waals surface area contributed by atoms with E-state index < -0.39 is 66.5 Å². The molecule has 0 unspecified atom stereocenters. The molecule has 0 aliphatic rings. The number of benzene rings is 1. The maximum absolute atomic E-state index is 7.27. The van der Waals surface area contributed by atoms with Crippen LogP contribution in [-0.4, -0.2) is 66.5 Å². The lowest BCUT2D eigenvalue weighted by molar-refractivity contribution is 0.304. The van der Waals surface area contributed by atoms with Gasteiger partial charge in [-0.1, -0.05) is 194 Å². The fourth-order valence-electron chi connectivity index (χ4n) is 11.6. The van der Waals surface area contributed by atoms with E-state index in [1.165, 1.54) is 0 Å². The van der Waals surface area contributed by atoms with E-state index >= 15 is 0 Å². The highest BCUT2D eigenvalue weighted by Crippen LogP contribution is 2.51. The Labute approximate surface area is 499 Å². The summed E-state index contributed by atoms with van der Waals surface area (Å²) in [6, 6.07) is 18.5. The third-order valence-corrected chi connectivity index (χ3v) is 34.6. The zero-order valence-electron chi connectivity index (χ0n) is 49.7. The molecule has 72 heavy (non-hydrogen) atoms. The molecule has 0 bridgehead atoms. The molecule has 0 aliphatic carbocycles. The predicted octanol–water partition coefficient (Wildman–Crippen LogP) is 25.4. The standard InChI is InChI=1S/C54H111Cl9Si9/c1-64(2,55)37-19-28-52(29-20-38-65(3,4)56,30-21-39-66(5,6)57)49-46-50(53(31-22-40-67(7,8)58,32-23-41-68(9,10)59)33-24-42-69(11,12)60)48-51(47-49)54(34-25-43-70(13,14)61,35-26-44-71(15,16)62)36-27-45-72(17,18)63/h46-48H,19-45H2,1-18H3. The Balaban J connectivity index is 4.99. The summed E-state index contributed by atoms with van der Waals surface area (Å²) in [5, 5.41) is 0. The highest BCUT2D eigenvalue weighted by atomic mass is 35.6. The first kappa shape index (κ1) is 73.8. The van der Waals surface area contributed by atoms with Crippen LogP contribution in [0, 0.1) is 0 Å². The first-order valence-corrected chi connectivity index (χ1v) is 66.5. The van der Waals surface area contributed by atoms with E-state index in [0.717, 1.165) is 170 Å². The van der Waals surface area contributed by atoms with Gasteiger partial charge in [-0.3, -0.25) is 0 Å². The van der Waals surface area contributed by atoms with Crippen molar-refractivity contribution in [1.82, 2.24) is 0 Å². The van der Waals surface area contributed by atoms with Crippen molar-refractivity contribution >= 4 is 166 Å². The van der Waals surface area contributed by atoms with E-state index in [4.69, 9.17) is 99.7 Å². The summed E-state index contributed by atoms with van der Waals surface area (Å²) in [5.41, 5.74) is 4.64. The summed E-state index contributed by atoms with van der Waals surface area (Å²) in [7, 11) is -16.6. The smallest absolute Gasteiger partial charge is 0.150 e. The molecule has 0 nitrogen and oxygen atoms in total. The first-order chi connectivity index (χ1) is 32.2. The van der Waals surface area contributed by atoms with Crippen LogP contribution in [0.4, 0.5) is 0 Å². The number of rotatable bonds is 39. The average Bonchev–Trinajstić information content (AvgIpc) is 3.12. The van der Waals surface area contributed by atoms with Crippen molar-refractivity contribution in [3.63, 3.8) is 0 Å². The Kier molecular flexibility index (Phi) is 31.7. The Morgan fingerprint density at radius 3 is 0.403 bits per heavy atom. The van der Waals surface area contributed by atoms with Gasteiger partial charge in [-0.2, -0.15) is 99.7 Å². The molecular weight excluding hydrogens is 1220 g/mol. The van der Waals surface area contributed by atoms with Crippen LogP contribution in [0.1, 0.15) is 132 Å². The first-order valence-electron chi connectivity index (χ1n) is 28.5. The lowest BCUT2D eigenvalue weighted by atomic mass is 9.63. The zero-order chi connectivity index (χ0) is 55.9. The molecule has 0 radical (unpaired) electrons. The molecule has 426 valence electrons. The third-order valence-electron chi connectivity index (χ3n) is 15.6. The van der Waals surface area contributed by atoms with Gasteiger partial charge in [0.2, 0.25) is 0 Å². The third kappa shape index (κ3) is 34.9. The van der Waals surface area contributed by atoms with E-state index in [0.29, 0.717) is 0 Å². The topological polar surface area (TPSA) is 0 Å². The van der Waals surface area contributed by atoms with Crippen LogP contribution in [0.5, 0.6) is 0 Å². The van der Waals surface area contributed by atoms with E-state index in [1.54, 1.807) is 16.7 Å². The molecule has 0 amide bonds. The molecule has 0 saturated heterocycles. The molecule has 0 spiro atoms. The van der Waals surface area contributed by atoms with Crippen LogP contribution in [0.15, 0.2) is 18.2 Å². The Morgan fingerprint density at radius 1 is 0.222 bits per heavy atom. The van der Waals surface area contributed by atoms with Crippen molar-refractivity contribution in [1.29, 1.82) is 0 Å². The van der Waals surface area contributed by atoms with E-state index in [9.17, 15) is 0 Å². The Morgan fingerprint density at radius 2 is 0.319 bits per heavy atom. The van der Waals surface area contributed by atoms with Gasteiger partial charge in [-0.25, -0.2) is 0 Å². The summed E-state index contributed by atoms with van der Waals surface area (Å²) in [6.07, 6.45) is 20.5. The molecule has 0 aliphatic heterocycles. The van der Waals surface area contributed by atoms with Gasteiger partial charge in [0.25, 0.3) is 0 Å². The molecular formula is C54H111Cl9Si9. The monoisotopic (exact) mass is 1330 g/mol. The summed E-state index contributed by atoms with van der Waals surface area (Å²) in [5.74, 6) is 0. The summed E-state index contributed by atoms with van der Waals surface area (Å²) in [4.78, 5) is 0. The van der Waals surface area contributed by atoms with Crippen molar-refractivity contribution in [2.24, 2.45) is 0 Å². The SMILES string of the molecule is C[Si](C)(Cl)CCCC(CCC[Si](C)(C)Cl)(CCC[Si](C)(C)Cl)c1cc(C(CCC[Si](C)(C)Cl)(CCC[Si](C)(C)Cl)CCC[Si](C)(C)Cl)cc(C(CCC[Si](C)(C)Cl)(CCC[Si](C)(C)Cl)CCC[Si](C)(C)Cl)c1. The zero-order valence-corrected chi connectivity index (χ0v) is 65.5. The number of hydrogen-bond donors (Lipinski definition) is 0. The highest BCUT2D eigenvalue weighted by molar-refractivity contribution is 7.22. The van der Waals surface area contributed by atoms with Gasteiger partial charge in [-0.15, -0.1) is 0 Å². The van der Waals surface area contributed by atoms with Crippen LogP contribution in [0.25, 0.3) is 0 Å². The van der Waals surface area contributed by atoms with Crippen LogP contribution in [-0.2, 0) is 16.2 Å². The Hall–Kier alpha value is 3.78. The predicted molar refractivity (Wildman–Crippen MR) is 368 cm³/mol. The second-order valence-electron chi connectivity index (χ2n) is 28.8. The molecule has 1 aromatic carbocycles. The van der Waals surface area contributed by atoms with E-state index in [1.807, 2.05) is 0 Å². The fraction of sp³-hybridized carbons (Fsp3) is 0.889. The van der Waals surface area contributed by atoms with Crippen molar-refractivity contribution in [2.75, 3.05) is 0 Å². The van der Waals surface area contributed by atoms with Gasteiger partial charge < -0.3 is 0 Å². The molecule has 18 heteroatoms. The molecule has 1 aromatic rings. The van der Waals surface area contributed by atoms with Gasteiger partial charge in [0, 0.05) is 0 Å². The minimum absolute atomic E-state index is 0.0336. The summed E-state index contributed by atoms with van der Waals surface area (Å²) < 4.78 is 0. The molecule has 1 rings (SSSR count). The average molecular weight is 1330 g/mol. The lowest BCUT2D eigenvalue weighted by Crippen LogP contribution is -2.35. The minimum atomic E-state index is -1.85. The molecule has 0 fully saturated rings. The molecule has 0 heterocycles. The van der Waals surface area contributed by atoms with Gasteiger partial charge >= 0.3 is 0 Å². The van der Waals surface area contributed by atoms with Crippen LogP contribution >= 0.6 is 99.7 Å². The largest absolute Gasteiger partial charge is 0.168 e. The quantitative estimate of drug-likeness (QED) is 0.0455. The maximum Gasteiger partial charge on any atom is 0.150 e. The van der Waals surface area contributed by atoms with E-state index in [-0.39, 0.29) is 16.2 Å². The molecule has 0 atom stereocenters. The second kappa shape index (κ2) is 30.9. The Bertz CT molecular complexity index is 1330. The van der Waals surface area contributed by atoms with Crippen molar-refractivity contribution in [2.45, 2.75) is 304 Å². The van der Waals surface area contributed by atoms with Gasteiger partial charge in [-0.05, 0) is 145 Å². The normalized spacial score (nSPS) is 14.7. The molecule has 0 aromatic heterocycles.